The van der Waals surface area contributed by atoms with Crippen LogP contribution in [0.15, 0.2) is 41.0 Å². The smallest absolute Gasteiger partial charge is 0.357 e. The highest BCUT2D eigenvalue weighted by Crippen LogP contribution is 2.22. The summed E-state index contributed by atoms with van der Waals surface area (Å²) in [6, 6.07) is 4.76. The number of alkyl halides is 3. The summed E-state index contributed by atoms with van der Waals surface area (Å²) in [5.41, 5.74) is 1.82. The Hall–Kier alpha value is -4.29. The van der Waals surface area contributed by atoms with Gasteiger partial charge in [-0.2, -0.15) is 13.2 Å². The van der Waals surface area contributed by atoms with Gasteiger partial charge < -0.3 is 31.8 Å². The first-order valence-corrected chi connectivity index (χ1v) is 10.3. The Morgan fingerprint density at radius 3 is 2.66 bits per heavy atom. The van der Waals surface area contributed by atoms with Crippen molar-refractivity contribution in [2.45, 2.75) is 19.1 Å². The largest absolute Gasteiger partial charge is 0.405 e. The van der Waals surface area contributed by atoms with E-state index in [-0.39, 0.29) is 11.6 Å². The van der Waals surface area contributed by atoms with Gasteiger partial charge in [0.2, 0.25) is 5.91 Å². The van der Waals surface area contributed by atoms with Gasteiger partial charge in [0.05, 0.1) is 17.8 Å². The van der Waals surface area contributed by atoms with E-state index in [2.05, 4.69) is 25.6 Å². The zero-order valence-electron chi connectivity index (χ0n) is 18.9. The molecule has 2 rings (SSSR count). The van der Waals surface area contributed by atoms with Gasteiger partial charge in [-0.25, -0.2) is 9.78 Å². The molecule has 2 aromatic rings. The first kappa shape index (κ1) is 27.0. The predicted octanol–water partition coefficient (Wildman–Crippen LogP) is 3.26. The summed E-state index contributed by atoms with van der Waals surface area (Å²) in [5, 5.41) is 21.9. The molecule has 0 aliphatic rings. The maximum absolute atomic E-state index is 12.2. The molecule has 1 aromatic carbocycles. The molecule has 0 saturated carbocycles. The van der Waals surface area contributed by atoms with E-state index < -0.39 is 30.7 Å². The van der Waals surface area contributed by atoms with Crippen LogP contribution < -0.4 is 16.0 Å². The van der Waals surface area contributed by atoms with Crippen LogP contribution in [0, 0.1) is 16.7 Å². The number of imidazole rings is 1. The Kier molecular flexibility index (Phi) is 9.44. The Bertz CT molecular complexity index is 1120. The molecule has 3 amide bonds. The molecule has 0 fully saturated rings. The molecule has 0 radical (unpaired) electrons. The van der Waals surface area contributed by atoms with E-state index in [1.54, 1.807) is 36.5 Å². The molecule has 0 aliphatic carbocycles. The van der Waals surface area contributed by atoms with Gasteiger partial charge in [0.25, 0.3) is 0 Å². The van der Waals surface area contributed by atoms with Crippen LogP contribution in [-0.2, 0) is 4.79 Å². The van der Waals surface area contributed by atoms with Gasteiger partial charge in [0.15, 0.2) is 0 Å². The number of rotatable bonds is 10. The molecule has 0 saturated heterocycles. The van der Waals surface area contributed by atoms with Crippen LogP contribution >= 0.6 is 0 Å². The Morgan fingerprint density at radius 1 is 1.29 bits per heavy atom. The number of aliphatic imine (C=N–C) groups is 1. The Balaban J connectivity index is 2.16. The van der Waals surface area contributed by atoms with Gasteiger partial charge in [0.1, 0.15) is 18.4 Å². The van der Waals surface area contributed by atoms with Crippen molar-refractivity contribution in [3.63, 3.8) is 0 Å². The second-order valence-electron chi connectivity index (χ2n) is 7.26. The van der Waals surface area contributed by atoms with Crippen LogP contribution in [0.2, 0.25) is 0 Å². The molecule has 13 heteroatoms. The van der Waals surface area contributed by atoms with Crippen molar-refractivity contribution in [3.8, 4) is 11.3 Å². The van der Waals surface area contributed by atoms with Gasteiger partial charge >= 0.3 is 12.2 Å². The molecule has 2 unspecified atom stereocenters. The average molecular weight is 490 g/mol. The highest BCUT2D eigenvalue weighted by atomic mass is 19.4. The first-order chi connectivity index (χ1) is 16.6. The van der Waals surface area contributed by atoms with Crippen LogP contribution in [0.25, 0.3) is 17.3 Å². The van der Waals surface area contributed by atoms with Crippen molar-refractivity contribution in [2.75, 3.05) is 18.9 Å². The minimum absolute atomic E-state index is 0.277. The highest BCUT2D eigenvalue weighted by Gasteiger charge is 2.27. The number of hydrogen-bond donors (Lipinski definition) is 6. The predicted molar refractivity (Wildman–Crippen MR) is 128 cm³/mol. The van der Waals surface area contributed by atoms with Crippen molar-refractivity contribution in [3.05, 3.63) is 41.9 Å². The van der Waals surface area contributed by atoms with E-state index in [9.17, 15) is 22.8 Å². The second kappa shape index (κ2) is 12.3. The molecule has 2 atom stereocenters. The number of aromatic amines is 1. The van der Waals surface area contributed by atoms with Gasteiger partial charge in [-0.3, -0.25) is 9.79 Å². The van der Waals surface area contributed by atoms with Gasteiger partial charge in [-0.05, 0) is 30.7 Å². The number of carbonyl (C=O) groups is 2. The third kappa shape index (κ3) is 8.53. The van der Waals surface area contributed by atoms with E-state index in [1.165, 1.54) is 25.5 Å². The minimum Gasteiger partial charge on any atom is -0.357 e. The standard InChI is InChI=1S/C22H25F3N8O2/c1-13(20(34)28-2)29-10-16(9-27)15(8-26)7-19-30-11-18(33-19)14-4-3-5-17(6-14)32-21(35)31-12-22(23,24)25/h3-11,13,16,26-27H,12H2,1-2H3,(H,28,34)(H,30,33)(H2,31,32,35)/b15-7+,26-8?,27-9?,29-10?. The Morgan fingerprint density at radius 2 is 2.03 bits per heavy atom. The van der Waals surface area contributed by atoms with Crippen molar-refractivity contribution >= 4 is 42.3 Å². The number of aromatic nitrogens is 2. The lowest BCUT2D eigenvalue weighted by Gasteiger charge is -2.10. The molecule has 0 spiro atoms. The summed E-state index contributed by atoms with van der Waals surface area (Å²) in [4.78, 5) is 34.7. The third-order valence-corrected chi connectivity index (χ3v) is 4.61. The summed E-state index contributed by atoms with van der Waals surface area (Å²) in [5.74, 6) is -0.564. The van der Waals surface area contributed by atoms with E-state index >= 15 is 0 Å². The van der Waals surface area contributed by atoms with E-state index in [0.717, 1.165) is 12.4 Å². The topological polar surface area (TPSA) is 159 Å². The number of nitrogens with zero attached hydrogens (tertiary/aromatic N) is 2. The number of benzene rings is 1. The number of halogens is 3. The normalized spacial score (nSPS) is 13.7. The number of carbonyl (C=O) groups excluding carboxylic acids is 2. The molecular weight excluding hydrogens is 465 g/mol. The fraction of sp³-hybridized carbons (Fsp3) is 0.273. The SMILES string of the molecule is CNC(=O)C(C)N=CC(C=N)/C(C=N)=C/c1ncc(-c2cccc(NC(=O)NCC(F)(F)F)c2)[nH]1. The van der Waals surface area contributed by atoms with Crippen molar-refractivity contribution < 1.29 is 22.8 Å². The van der Waals surface area contributed by atoms with Crippen LogP contribution in [0.3, 0.4) is 0 Å². The molecule has 1 heterocycles. The summed E-state index contributed by atoms with van der Waals surface area (Å²) >= 11 is 0. The molecule has 186 valence electrons. The Labute approximate surface area is 199 Å². The summed E-state index contributed by atoms with van der Waals surface area (Å²) in [7, 11) is 1.49. The number of anilines is 1. The molecular formula is C22H25F3N8O2. The van der Waals surface area contributed by atoms with Crippen LogP contribution in [-0.4, -0.2) is 66.4 Å². The second-order valence-corrected chi connectivity index (χ2v) is 7.26. The zero-order valence-corrected chi connectivity index (χ0v) is 18.9. The lowest BCUT2D eigenvalue weighted by molar-refractivity contribution is -0.123. The number of hydrogen-bond acceptors (Lipinski definition) is 6. The van der Waals surface area contributed by atoms with Gasteiger partial charge in [-0.15, -0.1) is 0 Å². The molecule has 10 nitrogen and oxygen atoms in total. The number of nitrogens with one attached hydrogen (secondary N) is 6. The monoisotopic (exact) mass is 490 g/mol. The number of allylic oxidation sites excluding steroid dienone is 1. The zero-order chi connectivity index (χ0) is 26.0. The van der Waals surface area contributed by atoms with Crippen molar-refractivity contribution in [1.82, 2.24) is 20.6 Å². The number of amides is 3. The molecule has 0 aliphatic heterocycles. The lowest BCUT2D eigenvalue weighted by Crippen LogP contribution is -2.36. The third-order valence-electron chi connectivity index (χ3n) is 4.61. The van der Waals surface area contributed by atoms with E-state index in [1.807, 2.05) is 0 Å². The highest BCUT2D eigenvalue weighted by molar-refractivity contribution is 5.99. The van der Waals surface area contributed by atoms with Gasteiger partial charge in [0, 0.05) is 36.9 Å². The summed E-state index contributed by atoms with van der Waals surface area (Å²) in [6.45, 7) is 0.155. The molecule has 1 aromatic heterocycles. The number of H-pyrrole nitrogens is 1. The maximum atomic E-state index is 12.2. The van der Waals surface area contributed by atoms with Crippen molar-refractivity contribution in [2.24, 2.45) is 10.9 Å². The van der Waals surface area contributed by atoms with E-state index in [4.69, 9.17) is 10.8 Å². The first-order valence-electron chi connectivity index (χ1n) is 10.3. The molecule has 35 heavy (non-hydrogen) atoms. The van der Waals surface area contributed by atoms with Crippen LogP contribution in [0.1, 0.15) is 12.7 Å². The minimum atomic E-state index is -4.51. The molecule has 6 N–H and O–H groups in total. The number of likely N-dealkylation sites (N-methyl/N-ethyl adjacent to an activating group) is 1. The maximum Gasteiger partial charge on any atom is 0.405 e. The summed E-state index contributed by atoms with van der Waals surface area (Å²) in [6.07, 6.45) is 2.09. The summed E-state index contributed by atoms with van der Waals surface area (Å²) < 4.78 is 36.7. The van der Waals surface area contributed by atoms with Crippen LogP contribution in [0.4, 0.5) is 23.7 Å². The lowest BCUT2D eigenvalue weighted by atomic mass is 10.0. The fourth-order valence-electron chi connectivity index (χ4n) is 2.79. The number of urea groups is 1. The van der Waals surface area contributed by atoms with Crippen molar-refractivity contribution in [1.29, 1.82) is 10.8 Å². The van der Waals surface area contributed by atoms with Crippen LogP contribution in [0.5, 0.6) is 0 Å². The van der Waals surface area contributed by atoms with Gasteiger partial charge in [-0.1, -0.05) is 12.1 Å². The molecule has 0 bridgehead atoms. The van der Waals surface area contributed by atoms with E-state index in [0.29, 0.717) is 22.7 Å². The quantitative estimate of drug-likeness (QED) is 0.283. The average Bonchev–Trinajstić information content (AvgIpc) is 3.30. The fourth-order valence-corrected chi connectivity index (χ4v) is 2.79.